The number of fused-ring (bicyclic) bond motifs is 1. The average molecular weight is 396 g/mol. The lowest BCUT2D eigenvalue weighted by atomic mass is 10.1. The quantitative estimate of drug-likeness (QED) is 0.715. The van der Waals surface area contributed by atoms with Crippen LogP contribution in [0.5, 0.6) is 0 Å². The van der Waals surface area contributed by atoms with Crippen LogP contribution in [0.25, 0.3) is 11.0 Å². The molecule has 5 rings (SSSR count). The number of nitrogens with one attached hydrogen (secondary N) is 1. The molecule has 6 nitrogen and oxygen atoms in total. The summed E-state index contributed by atoms with van der Waals surface area (Å²) in [5, 5.41) is 3.50. The zero-order valence-corrected chi connectivity index (χ0v) is 16.0. The van der Waals surface area contributed by atoms with Crippen molar-refractivity contribution in [2.75, 3.05) is 36.4 Å². The fourth-order valence-electron chi connectivity index (χ4n) is 3.66. The highest BCUT2D eigenvalue weighted by atomic mass is 19.1. The molecule has 1 aliphatic heterocycles. The Balaban J connectivity index is 1.33. The van der Waals surface area contributed by atoms with Crippen LogP contribution in [0.1, 0.15) is 18.4 Å². The highest BCUT2D eigenvalue weighted by Crippen LogP contribution is 2.31. The number of halogens is 2. The first-order chi connectivity index (χ1) is 14.2. The Hall–Kier alpha value is -2.87. The molecule has 2 aromatic heterocycles. The van der Waals surface area contributed by atoms with Gasteiger partial charge in [-0.25, -0.2) is 18.7 Å². The molecule has 29 heavy (non-hydrogen) atoms. The second-order valence-corrected chi connectivity index (χ2v) is 7.68. The van der Waals surface area contributed by atoms with Crippen LogP contribution in [0.15, 0.2) is 36.7 Å². The fraction of sp³-hybridized carbons (Fsp3) is 0.381. The van der Waals surface area contributed by atoms with Gasteiger partial charge in [-0.1, -0.05) is 0 Å². The maximum atomic E-state index is 14.0. The number of nitrogens with zero attached hydrogens (tertiary/aromatic N) is 5. The fourth-order valence-corrected chi connectivity index (χ4v) is 3.66. The van der Waals surface area contributed by atoms with E-state index in [1.54, 1.807) is 12.4 Å². The monoisotopic (exact) mass is 396 g/mol. The van der Waals surface area contributed by atoms with E-state index in [4.69, 9.17) is 9.97 Å². The van der Waals surface area contributed by atoms with E-state index < -0.39 is 5.82 Å². The number of aromatic nitrogens is 3. The van der Waals surface area contributed by atoms with E-state index in [2.05, 4.69) is 20.1 Å². The van der Waals surface area contributed by atoms with E-state index in [1.165, 1.54) is 12.1 Å². The molecule has 150 valence electrons. The molecule has 1 aliphatic carbocycles. The lowest BCUT2D eigenvalue weighted by Crippen LogP contribution is -2.46. The second-order valence-electron chi connectivity index (χ2n) is 7.68. The molecule has 0 spiro atoms. The lowest BCUT2D eigenvalue weighted by Gasteiger charge is -2.36. The summed E-state index contributed by atoms with van der Waals surface area (Å²) < 4.78 is 27.4. The van der Waals surface area contributed by atoms with Gasteiger partial charge in [-0.3, -0.25) is 9.88 Å². The van der Waals surface area contributed by atoms with Crippen LogP contribution < -0.4 is 10.2 Å². The van der Waals surface area contributed by atoms with Gasteiger partial charge in [-0.15, -0.1) is 0 Å². The van der Waals surface area contributed by atoms with Crippen LogP contribution in [-0.2, 0) is 6.54 Å². The van der Waals surface area contributed by atoms with Crippen molar-refractivity contribution < 1.29 is 8.78 Å². The van der Waals surface area contributed by atoms with Gasteiger partial charge in [0.15, 0.2) is 11.6 Å². The van der Waals surface area contributed by atoms with Gasteiger partial charge in [0, 0.05) is 50.5 Å². The Bertz CT molecular complexity index is 1030. The topological polar surface area (TPSA) is 57.2 Å². The summed E-state index contributed by atoms with van der Waals surface area (Å²) in [5.74, 6) is 0.887. The first kappa shape index (κ1) is 18.2. The van der Waals surface area contributed by atoms with Gasteiger partial charge in [-0.05, 0) is 37.1 Å². The number of benzene rings is 1. The lowest BCUT2D eigenvalue weighted by molar-refractivity contribution is 0.246. The third-order valence-electron chi connectivity index (χ3n) is 5.44. The van der Waals surface area contributed by atoms with E-state index >= 15 is 0 Å². The maximum absolute atomic E-state index is 14.0. The van der Waals surface area contributed by atoms with Crippen molar-refractivity contribution in [2.45, 2.75) is 25.4 Å². The van der Waals surface area contributed by atoms with Crippen LogP contribution >= 0.6 is 0 Å². The molecule has 1 saturated heterocycles. The van der Waals surface area contributed by atoms with Gasteiger partial charge in [-0.2, -0.15) is 0 Å². The first-order valence-corrected chi connectivity index (χ1v) is 9.95. The van der Waals surface area contributed by atoms with Crippen molar-refractivity contribution in [1.29, 1.82) is 0 Å². The summed E-state index contributed by atoms with van der Waals surface area (Å²) in [5.41, 5.74) is 1.99. The summed E-state index contributed by atoms with van der Waals surface area (Å²) in [6.45, 7) is 3.38. The van der Waals surface area contributed by atoms with Crippen LogP contribution in [-0.4, -0.2) is 52.1 Å². The van der Waals surface area contributed by atoms with Crippen molar-refractivity contribution >= 4 is 22.7 Å². The molecular weight excluding hydrogens is 374 g/mol. The first-order valence-electron chi connectivity index (χ1n) is 9.95. The van der Waals surface area contributed by atoms with Gasteiger partial charge >= 0.3 is 0 Å². The van der Waals surface area contributed by atoms with Gasteiger partial charge in [0.25, 0.3) is 0 Å². The van der Waals surface area contributed by atoms with E-state index in [9.17, 15) is 8.78 Å². The van der Waals surface area contributed by atoms with Gasteiger partial charge < -0.3 is 10.2 Å². The predicted molar refractivity (Wildman–Crippen MR) is 108 cm³/mol. The zero-order valence-electron chi connectivity index (χ0n) is 16.0. The molecule has 1 saturated carbocycles. The Morgan fingerprint density at radius 2 is 1.83 bits per heavy atom. The van der Waals surface area contributed by atoms with E-state index in [0.29, 0.717) is 18.2 Å². The maximum Gasteiger partial charge on any atom is 0.172 e. The summed E-state index contributed by atoms with van der Waals surface area (Å²) in [6.07, 6.45) is 5.77. The second kappa shape index (κ2) is 7.51. The number of pyridine rings is 1. The Labute approximate surface area is 167 Å². The minimum Gasteiger partial charge on any atom is -0.364 e. The Morgan fingerprint density at radius 1 is 1.00 bits per heavy atom. The van der Waals surface area contributed by atoms with E-state index in [1.807, 2.05) is 6.07 Å². The Morgan fingerprint density at radius 3 is 2.62 bits per heavy atom. The molecule has 1 N–H and O–H groups in total. The van der Waals surface area contributed by atoms with Gasteiger partial charge in [0.05, 0.1) is 11.7 Å². The SMILES string of the molecule is Fc1ccc(F)c(CN2CCN(c3nc4cnccc4nc3NC3CC3)CC2)c1. The smallest absolute Gasteiger partial charge is 0.172 e. The molecule has 0 unspecified atom stereocenters. The van der Waals surface area contributed by atoms with Crippen molar-refractivity contribution in [3.05, 3.63) is 53.9 Å². The Kier molecular flexibility index (Phi) is 4.71. The molecule has 0 amide bonds. The average Bonchev–Trinajstić information content (AvgIpc) is 3.55. The predicted octanol–water partition coefficient (Wildman–Crippen LogP) is 3.20. The third-order valence-corrected chi connectivity index (χ3v) is 5.44. The van der Waals surface area contributed by atoms with Crippen molar-refractivity contribution in [3.8, 4) is 0 Å². The summed E-state index contributed by atoms with van der Waals surface area (Å²) in [7, 11) is 0. The number of anilines is 2. The standard InChI is InChI=1S/C21H22F2N6/c22-15-1-4-17(23)14(11-15)13-28-7-9-29(10-8-28)21-20(25-16-2-3-16)26-18-5-6-24-12-19(18)27-21/h1,4-6,11-12,16H,2-3,7-10,13H2,(H,25,26). The van der Waals surface area contributed by atoms with Crippen molar-refractivity contribution in [2.24, 2.45) is 0 Å². The van der Waals surface area contributed by atoms with Gasteiger partial charge in [0.2, 0.25) is 0 Å². The third kappa shape index (κ3) is 3.98. The molecule has 3 aromatic rings. The molecule has 0 atom stereocenters. The number of rotatable bonds is 5. The molecule has 2 fully saturated rings. The molecule has 2 aliphatic rings. The summed E-state index contributed by atoms with van der Waals surface area (Å²) >= 11 is 0. The number of hydrogen-bond donors (Lipinski definition) is 1. The van der Waals surface area contributed by atoms with Crippen molar-refractivity contribution in [3.63, 3.8) is 0 Å². The molecule has 8 heteroatoms. The molecule has 0 radical (unpaired) electrons. The normalized spacial score (nSPS) is 17.7. The minimum absolute atomic E-state index is 0.363. The summed E-state index contributed by atoms with van der Waals surface area (Å²) in [6, 6.07) is 5.96. The molecule has 1 aromatic carbocycles. The van der Waals surface area contributed by atoms with Crippen molar-refractivity contribution in [1.82, 2.24) is 19.9 Å². The van der Waals surface area contributed by atoms with Crippen LogP contribution in [0.2, 0.25) is 0 Å². The minimum atomic E-state index is -0.407. The highest BCUT2D eigenvalue weighted by molar-refractivity contribution is 5.80. The molecule has 0 bridgehead atoms. The number of hydrogen-bond acceptors (Lipinski definition) is 6. The highest BCUT2D eigenvalue weighted by Gasteiger charge is 2.27. The molecular formula is C21H22F2N6. The zero-order chi connectivity index (χ0) is 19.8. The van der Waals surface area contributed by atoms with Crippen LogP contribution in [0.4, 0.5) is 20.4 Å². The van der Waals surface area contributed by atoms with Crippen LogP contribution in [0.3, 0.4) is 0 Å². The van der Waals surface area contributed by atoms with Crippen LogP contribution in [0, 0.1) is 11.6 Å². The van der Waals surface area contributed by atoms with E-state index in [-0.39, 0.29) is 5.82 Å². The summed E-state index contributed by atoms with van der Waals surface area (Å²) in [4.78, 5) is 18.1. The number of piperazine rings is 1. The molecule has 3 heterocycles. The van der Waals surface area contributed by atoms with E-state index in [0.717, 1.165) is 67.8 Å². The largest absolute Gasteiger partial charge is 0.364 e. The van der Waals surface area contributed by atoms with Gasteiger partial charge in [0.1, 0.15) is 17.2 Å².